The van der Waals surface area contributed by atoms with Crippen LogP contribution in [0, 0.1) is 0 Å². The van der Waals surface area contributed by atoms with E-state index in [1.54, 1.807) is 0 Å². The molecule has 5 nitrogen and oxygen atoms in total. The number of hydrogen-bond donors (Lipinski definition) is 1. The molecule has 0 unspecified atom stereocenters. The van der Waals surface area contributed by atoms with E-state index in [2.05, 4.69) is 25.6 Å². The van der Waals surface area contributed by atoms with Crippen LogP contribution in [-0.4, -0.2) is 18.0 Å². The van der Waals surface area contributed by atoms with Gasteiger partial charge in [0.15, 0.2) is 0 Å². The molecule has 2 heterocycles. The van der Waals surface area contributed by atoms with Crippen molar-refractivity contribution < 1.29 is 8.42 Å². The molecule has 0 aromatic carbocycles. The van der Waals surface area contributed by atoms with E-state index in [1.807, 2.05) is 30.1 Å². The van der Waals surface area contributed by atoms with Gasteiger partial charge in [0.1, 0.15) is 10.0 Å². The number of halogens is 2. The first-order chi connectivity index (χ1) is 8.88. The van der Waals surface area contributed by atoms with Gasteiger partial charge in [-0.15, -0.1) is 0 Å². The highest BCUT2D eigenvalue weighted by molar-refractivity contribution is 9.10. The molecule has 102 valence electrons. The molecule has 1 N–H and O–H groups in total. The maximum Gasteiger partial charge on any atom is 0.243 e. The number of rotatable bonds is 4. The van der Waals surface area contributed by atoms with Gasteiger partial charge in [-0.05, 0) is 33.6 Å². The van der Waals surface area contributed by atoms with E-state index in [0.717, 1.165) is 5.56 Å². The van der Waals surface area contributed by atoms with Crippen LogP contribution >= 0.6 is 27.5 Å². The number of aromatic nitrogens is 2. The summed E-state index contributed by atoms with van der Waals surface area (Å²) in [6.45, 7) is 0.200. The fourth-order valence-electron chi connectivity index (χ4n) is 1.51. The lowest BCUT2D eigenvalue weighted by atomic mass is 10.4. The number of aryl methyl sites for hydroxylation is 1. The van der Waals surface area contributed by atoms with Gasteiger partial charge in [-0.25, -0.2) is 18.1 Å². The van der Waals surface area contributed by atoms with Crippen molar-refractivity contribution in [2.24, 2.45) is 7.05 Å². The zero-order valence-electron chi connectivity index (χ0n) is 9.97. The van der Waals surface area contributed by atoms with Crippen molar-refractivity contribution in [3.63, 3.8) is 0 Å². The van der Waals surface area contributed by atoms with Crippen molar-refractivity contribution in [3.8, 4) is 0 Å². The van der Waals surface area contributed by atoms with Crippen molar-refractivity contribution in [1.82, 2.24) is 14.3 Å². The molecule has 2 rings (SSSR count). The Kier molecular flexibility index (Phi) is 4.29. The van der Waals surface area contributed by atoms with E-state index >= 15 is 0 Å². The Labute approximate surface area is 124 Å². The SMILES string of the molecule is Cn1ccc(CNS(=O)(=O)c2cc(Br)cnc2Cl)c1. The summed E-state index contributed by atoms with van der Waals surface area (Å²) in [5.41, 5.74) is 0.866. The predicted molar refractivity (Wildman–Crippen MR) is 76.4 cm³/mol. The maximum atomic E-state index is 12.1. The van der Waals surface area contributed by atoms with E-state index in [4.69, 9.17) is 11.6 Å². The molecule has 0 saturated heterocycles. The molecule has 19 heavy (non-hydrogen) atoms. The minimum Gasteiger partial charge on any atom is -0.357 e. The fourth-order valence-corrected chi connectivity index (χ4v) is 3.47. The van der Waals surface area contributed by atoms with Gasteiger partial charge in [0.05, 0.1) is 0 Å². The Hall–Kier alpha value is -0.890. The van der Waals surface area contributed by atoms with Gasteiger partial charge in [0.25, 0.3) is 0 Å². The van der Waals surface area contributed by atoms with Gasteiger partial charge in [0.2, 0.25) is 10.0 Å². The average Bonchev–Trinajstić information content (AvgIpc) is 2.76. The Balaban J connectivity index is 2.20. The smallest absolute Gasteiger partial charge is 0.243 e. The van der Waals surface area contributed by atoms with E-state index in [0.29, 0.717) is 4.47 Å². The van der Waals surface area contributed by atoms with E-state index in [1.165, 1.54) is 12.3 Å². The van der Waals surface area contributed by atoms with Crippen LogP contribution in [0.4, 0.5) is 0 Å². The summed E-state index contributed by atoms with van der Waals surface area (Å²) in [7, 11) is -1.82. The molecule has 2 aromatic heterocycles. The van der Waals surface area contributed by atoms with Crippen LogP contribution in [0.25, 0.3) is 0 Å². The Morgan fingerprint density at radius 1 is 1.53 bits per heavy atom. The van der Waals surface area contributed by atoms with Crippen molar-refractivity contribution in [2.75, 3.05) is 0 Å². The molecular weight excluding hydrogens is 354 g/mol. The van der Waals surface area contributed by atoms with Crippen LogP contribution in [0.1, 0.15) is 5.56 Å². The second-order valence-electron chi connectivity index (χ2n) is 3.95. The standard InChI is InChI=1S/C11H11BrClN3O2S/c1-16-3-2-8(7-16)5-15-19(17,18)10-4-9(12)6-14-11(10)13/h2-4,6-7,15H,5H2,1H3. The van der Waals surface area contributed by atoms with Crippen LogP contribution in [0.5, 0.6) is 0 Å². The molecule has 0 aliphatic carbocycles. The molecule has 0 fully saturated rings. The van der Waals surface area contributed by atoms with Crippen LogP contribution < -0.4 is 4.72 Å². The quantitative estimate of drug-likeness (QED) is 0.847. The molecule has 0 atom stereocenters. The lowest BCUT2D eigenvalue weighted by Crippen LogP contribution is -2.23. The van der Waals surface area contributed by atoms with Gasteiger partial charge in [-0.2, -0.15) is 0 Å². The highest BCUT2D eigenvalue weighted by Crippen LogP contribution is 2.22. The number of pyridine rings is 1. The first-order valence-electron chi connectivity index (χ1n) is 5.30. The second kappa shape index (κ2) is 5.62. The second-order valence-corrected chi connectivity index (χ2v) is 6.96. The largest absolute Gasteiger partial charge is 0.357 e. The fraction of sp³-hybridized carbons (Fsp3) is 0.182. The van der Waals surface area contributed by atoms with Crippen LogP contribution in [0.15, 0.2) is 40.1 Å². The van der Waals surface area contributed by atoms with Gasteiger partial charge in [0, 0.05) is 36.7 Å². The van der Waals surface area contributed by atoms with Gasteiger partial charge >= 0.3 is 0 Å². The van der Waals surface area contributed by atoms with Gasteiger partial charge in [-0.3, -0.25) is 0 Å². The van der Waals surface area contributed by atoms with E-state index < -0.39 is 10.0 Å². The number of hydrogen-bond acceptors (Lipinski definition) is 3. The Bertz CT molecular complexity index is 700. The summed E-state index contributed by atoms with van der Waals surface area (Å²) < 4.78 is 29.1. The Morgan fingerprint density at radius 2 is 2.26 bits per heavy atom. The van der Waals surface area contributed by atoms with E-state index in [-0.39, 0.29) is 16.6 Å². The third-order valence-electron chi connectivity index (χ3n) is 2.42. The first kappa shape index (κ1) is 14.5. The molecule has 0 radical (unpaired) electrons. The van der Waals surface area contributed by atoms with Crippen molar-refractivity contribution in [2.45, 2.75) is 11.4 Å². The molecule has 0 aliphatic rings. The van der Waals surface area contributed by atoms with Crippen molar-refractivity contribution in [3.05, 3.63) is 45.9 Å². The van der Waals surface area contributed by atoms with E-state index in [9.17, 15) is 8.42 Å². The van der Waals surface area contributed by atoms with Gasteiger partial charge < -0.3 is 4.57 Å². The number of nitrogens with zero attached hydrogens (tertiary/aromatic N) is 2. The highest BCUT2D eigenvalue weighted by Gasteiger charge is 2.19. The Morgan fingerprint density at radius 3 is 2.89 bits per heavy atom. The van der Waals surface area contributed by atoms with Crippen LogP contribution in [0.2, 0.25) is 5.15 Å². The maximum absolute atomic E-state index is 12.1. The molecule has 0 spiro atoms. The third-order valence-corrected chi connectivity index (χ3v) is 4.68. The zero-order valence-corrected chi connectivity index (χ0v) is 13.1. The molecule has 2 aromatic rings. The topological polar surface area (TPSA) is 64.0 Å². The predicted octanol–water partition coefficient (Wildman–Crippen LogP) is 2.31. The molecule has 0 saturated carbocycles. The van der Waals surface area contributed by atoms with Crippen molar-refractivity contribution in [1.29, 1.82) is 0 Å². The monoisotopic (exact) mass is 363 g/mol. The summed E-state index contributed by atoms with van der Waals surface area (Å²) in [4.78, 5) is 3.76. The minimum absolute atomic E-state index is 0.0422. The summed E-state index contributed by atoms with van der Waals surface area (Å²) in [5.74, 6) is 0. The molecule has 0 bridgehead atoms. The normalized spacial score (nSPS) is 11.7. The number of sulfonamides is 1. The number of nitrogens with one attached hydrogen (secondary N) is 1. The molecule has 0 aliphatic heterocycles. The van der Waals surface area contributed by atoms with Gasteiger partial charge in [-0.1, -0.05) is 11.6 Å². The lowest BCUT2D eigenvalue weighted by Gasteiger charge is -2.07. The first-order valence-corrected chi connectivity index (χ1v) is 7.95. The van der Waals surface area contributed by atoms with Crippen molar-refractivity contribution >= 4 is 37.6 Å². The summed E-state index contributed by atoms with van der Waals surface area (Å²) in [6, 6.07) is 3.26. The summed E-state index contributed by atoms with van der Waals surface area (Å²) in [6.07, 6.45) is 5.12. The third kappa shape index (κ3) is 3.56. The molecule has 0 amide bonds. The zero-order chi connectivity index (χ0) is 14.0. The summed E-state index contributed by atoms with van der Waals surface area (Å²) in [5, 5.41) is -0.0521. The van der Waals surface area contributed by atoms with Crippen LogP contribution in [-0.2, 0) is 23.6 Å². The molecule has 8 heteroatoms. The lowest BCUT2D eigenvalue weighted by molar-refractivity contribution is 0.581. The summed E-state index contributed by atoms with van der Waals surface area (Å²) >= 11 is 8.98. The molecular formula is C11H11BrClN3O2S. The minimum atomic E-state index is -3.69. The highest BCUT2D eigenvalue weighted by atomic mass is 79.9. The average molecular weight is 365 g/mol. The van der Waals surface area contributed by atoms with Crippen LogP contribution in [0.3, 0.4) is 0 Å².